The fourth-order valence-corrected chi connectivity index (χ4v) is 3.64. The largest absolute Gasteiger partial charge is 1.00 e. The second-order valence-electron chi connectivity index (χ2n) is 6.14. The number of nitrogens with one attached hydrogen (secondary N) is 1. The van der Waals surface area contributed by atoms with Crippen molar-refractivity contribution < 1.29 is 44.3 Å². The van der Waals surface area contributed by atoms with Gasteiger partial charge >= 0.3 is 29.6 Å². The van der Waals surface area contributed by atoms with Gasteiger partial charge in [-0.25, -0.2) is 4.98 Å². The zero-order valence-electron chi connectivity index (χ0n) is 13.9. The zero-order chi connectivity index (χ0) is 16.6. The molecule has 1 aliphatic carbocycles. The van der Waals surface area contributed by atoms with E-state index in [1.807, 2.05) is 31.4 Å². The molecular formula is C17H17N2NaO3S. The van der Waals surface area contributed by atoms with Gasteiger partial charge in [-0.2, -0.15) is 0 Å². The Balaban J connectivity index is 0.00000208. The van der Waals surface area contributed by atoms with E-state index in [0.29, 0.717) is 12.1 Å². The predicted octanol–water partition coefficient (Wildman–Crippen LogP) is -0.835. The van der Waals surface area contributed by atoms with Crippen molar-refractivity contribution in [2.45, 2.75) is 20.3 Å². The Hall–Kier alpha value is -1.21. The molecule has 2 aromatic rings. The number of thiazole rings is 1. The molecule has 5 nitrogen and oxygen atoms in total. The number of aliphatic carboxylic acids is 1. The van der Waals surface area contributed by atoms with E-state index in [0.717, 1.165) is 10.6 Å². The molecule has 1 saturated carbocycles. The first-order valence-corrected chi connectivity index (χ1v) is 8.35. The van der Waals surface area contributed by atoms with Crippen LogP contribution in [0.1, 0.15) is 20.3 Å². The molecule has 24 heavy (non-hydrogen) atoms. The van der Waals surface area contributed by atoms with Crippen molar-refractivity contribution in [1.29, 1.82) is 0 Å². The molecule has 1 N–H and O–H groups in total. The maximum absolute atomic E-state index is 12.3. The molecule has 1 heterocycles. The van der Waals surface area contributed by atoms with Gasteiger partial charge in [-0.15, -0.1) is 11.3 Å². The number of carboxylic acids is 1. The summed E-state index contributed by atoms with van der Waals surface area (Å²) in [5, 5.41) is 17.0. The fraction of sp³-hybridized carbons (Fsp3) is 0.353. The van der Waals surface area contributed by atoms with E-state index in [2.05, 4.69) is 10.3 Å². The molecule has 3 rings (SSSR count). The van der Waals surface area contributed by atoms with Crippen LogP contribution in [0.25, 0.3) is 10.6 Å². The summed E-state index contributed by atoms with van der Waals surface area (Å²) in [5.74, 6) is -2.04. The van der Waals surface area contributed by atoms with Gasteiger partial charge in [-0.05, 0) is 36.6 Å². The molecule has 0 bridgehead atoms. The van der Waals surface area contributed by atoms with Gasteiger partial charge < -0.3 is 15.2 Å². The Morgan fingerprint density at radius 3 is 2.46 bits per heavy atom. The van der Waals surface area contributed by atoms with Crippen LogP contribution in [0.3, 0.4) is 0 Å². The Bertz CT molecular complexity index is 731. The first-order valence-electron chi connectivity index (χ1n) is 7.47. The number of carbonyl (C=O) groups excluding carboxylic acids is 2. The number of carboxylic acid groups (broad SMARTS) is 1. The number of anilines is 1. The van der Waals surface area contributed by atoms with Crippen LogP contribution in [0, 0.1) is 17.3 Å². The molecule has 7 heteroatoms. The SMILES string of the molecule is CC(C)C1(C(=O)[O-])CC1C(=O)Nc1ccc(-c2nccs2)cc1.[Na+]. The minimum absolute atomic E-state index is 0. The number of carbonyl (C=O) groups is 2. The van der Waals surface area contributed by atoms with Gasteiger partial charge in [0.15, 0.2) is 0 Å². The van der Waals surface area contributed by atoms with Crippen LogP contribution in [0.5, 0.6) is 0 Å². The summed E-state index contributed by atoms with van der Waals surface area (Å²) in [5.41, 5.74) is 0.610. The van der Waals surface area contributed by atoms with E-state index in [9.17, 15) is 14.7 Å². The summed E-state index contributed by atoms with van der Waals surface area (Å²) >= 11 is 1.55. The molecule has 1 aromatic heterocycles. The number of rotatable bonds is 5. The Labute approximate surface area is 166 Å². The minimum Gasteiger partial charge on any atom is -0.550 e. The van der Waals surface area contributed by atoms with Gasteiger partial charge in [0, 0.05) is 34.2 Å². The van der Waals surface area contributed by atoms with Crippen molar-refractivity contribution in [3.63, 3.8) is 0 Å². The molecule has 0 saturated heterocycles. The molecule has 1 amide bonds. The van der Waals surface area contributed by atoms with Crippen LogP contribution in [0.15, 0.2) is 35.8 Å². The van der Waals surface area contributed by atoms with Gasteiger partial charge in [0.2, 0.25) is 5.91 Å². The van der Waals surface area contributed by atoms with Crippen molar-refractivity contribution in [3.05, 3.63) is 35.8 Å². The Morgan fingerprint density at radius 1 is 1.33 bits per heavy atom. The predicted molar refractivity (Wildman–Crippen MR) is 86.6 cm³/mol. The molecule has 0 spiro atoms. The first kappa shape index (κ1) is 19.1. The molecule has 1 aliphatic rings. The van der Waals surface area contributed by atoms with Crippen LogP contribution in [-0.2, 0) is 9.59 Å². The van der Waals surface area contributed by atoms with Crippen LogP contribution < -0.4 is 40.0 Å². The summed E-state index contributed by atoms with van der Waals surface area (Å²) in [7, 11) is 0. The average molecular weight is 352 g/mol. The van der Waals surface area contributed by atoms with Crippen molar-refractivity contribution in [3.8, 4) is 10.6 Å². The van der Waals surface area contributed by atoms with Crippen LogP contribution in [0.4, 0.5) is 5.69 Å². The fourth-order valence-electron chi connectivity index (χ4n) is 3.00. The normalized spacial score (nSPS) is 21.9. The van der Waals surface area contributed by atoms with Crippen molar-refractivity contribution in [2.75, 3.05) is 5.32 Å². The van der Waals surface area contributed by atoms with Crippen molar-refractivity contribution in [2.24, 2.45) is 17.3 Å². The second kappa shape index (κ2) is 7.35. The van der Waals surface area contributed by atoms with E-state index in [4.69, 9.17) is 0 Å². The second-order valence-corrected chi connectivity index (χ2v) is 7.04. The van der Waals surface area contributed by atoms with Crippen molar-refractivity contribution in [1.82, 2.24) is 4.98 Å². The van der Waals surface area contributed by atoms with E-state index < -0.39 is 17.3 Å². The maximum atomic E-state index is 12.3. The Morgan fingerprint density at radius 2 is 2.00 bits per heavy atom. The van der Waals surface area contributed by atoms with Crippen LogP contribution >= 0.6 is 11.3 Å². The molecule has 2 unspecified atom stereocenters. The molecule has 0 radical (unpaired) electrons. The molecule has 120 valence electrons. The molecule has 1 aromatic carbocycles. The number of benzene rings is 1. The quantitative estimate of drug-likeness (QED) is 0.712. The minimum atomic E-state index is -1.13. The molecule has 1 fully saturated rings. The number of amides is 1. The van der Waals surface area contributed by atoms with E-state index in [1.54, 1.807) is 29.7 Å². The van der Waals surface area contributed by atoms with Gasteiger partial charge in [0.05, 0.1) is 5.92 Å². The molecule has 0 aliphatic heterocycles. The maximum Gasteiger partial charge on any atom is 1.00 e. The number of aromatic nitrogens is 1. The van der Waals surface area contributed by atoms with Gasteiger partial charge in [-0.3, -0.25) is 4.79 Å². The third-order valence-electron chi connectivity index (χ3n) is 4.56. The van der Waals surface area contributed by atoms with Gasteiger partial charge in [0.25, 0.3) is 0 Å². The smallest absolute Gasteiger partial charge is 0.550 e. The summed E-state index contributed by atoms with van der Waals surface area (Å²) in [6.07, 6.45) is 2.09. The van der Waals surface area contributed by atoms with E-state index in [1.165, 1.54) is 0 Å². The third kappa shape index (κ3) is 3.42. The molecule has 2 atom stereocenters. The number of hydrogen-bond acceptors (Lipinski definition) is 5. The Kier molecular flexibility index (Phi) is 5.86. The van der Waals surface area contributed by atoms with Gasteiger partial charge in [0.1, 0.15) is 5.01 Å². The summed E-state index contributed by atoms with van der Waals surface area (Å²) in [6.45, 7) is 3.62. The summed E-state index contributed by atoms with van der Waals surface area (Å²) in [6, 6.07) is 7.37. The summed E-state index contributed by atoms with van der Waals surface area (Å²) in [4.78, 5) is 27.9. The topological polar surface area (TPSA) is 82.1 Å². The zero-order valence-corrected chi connectivity index (χ0v) is 16.7. The number of hydrogen-bond donors (Lipinski definition) is 1. The summed E-state index contributed by atoms with van der Waals surface area (Å²) < 4.78 is 0. The first-order chi connectivity index (χ1) is 10.9. The van der Waals surface area contributed by atoms with Crippen LogP contribution in [-0.4, -0.2) is 16.9 Å². The third-order valence-corrected chi connectivity index (χ3v) is 5.38. The average Bonchev–Trinajstić information content (AvgIpc) is 3.08. The standard InChI is InChI=1S/C17H18N2O3S.Na/c1-10(2)17(16(21)22)9-13(17)14(20)19-12-5-3-11(4-6-12)15-18-7-8-23-15;/h3-8,10,13H,9H2,1-2H3,(H,19,20)(H,21,22);/q;+1/p-1. The van der Waals surface area contributed by atoms with Crippen molar-refractivity contribution >= 4 is 28.9 Å². The number of nitrogens with zero attached hydrogens (tertiary/aromatic N) is 1. The van der Waals surface area contributed by atoms with Crippen LogP contribution in [0.2, 0.25) is 0 Å². The monoisotopic (exact) mass is 352 g/mol. The van der Waals surface area contributed by atoms with E-state index >= 15 is 0 Å². The van der Waals surface area contributed by atoms with E-state index in [-0.39, 0.29) is 41.4 Å². The molecular weight excluding hydrogens is 335 g/mol. The van der Waals surface area contributed by atoms with Gasteiger partial charge in [-0.1, -0.05) is 13.8 Å².